The van der Waals surface area contributed by atoms with Crippen LogP contribution in [0.15, 0.2) is 10.7 Å². The predicted octanol–water partition coefficient (Wildman–Crippen LogP) is 1.94. The van der Waals surface area contributed by atoms with E-state index in [1.807, 2.05) is 20.8 Å². The minimum Gasteiger partial charge on any atom is -0.448 e. The zero-order valence-corrected chi connectivity index (χ0v) is 8.83. The number of hydrogen-bond donors (Lipinski definition) is 1. The average molecular weight is 196 g/mol. The Bertz CT molecular complexity index is 305. The maximum atomic E-state index is 11.4. The molecule has 78 valence electrons. The Morgan fingerprint density at radius 1 is 1.64 bits per heavy atom. The molecule has 0 aliphatic carbocycles. The van der Waals surface area contributed by atoms with E-state index in [2.05, 4.69) is 10.3 Å². The maximum absolute atomic E-state index is 11.4. The van der Waals surface area contributed by atoms with E-state index in [9.17, 15) is 4.79 Å². The second-order valence-corrected chi connectivity index (χ2v) is 3.48. The van der Waals surface area contributed by atoms with Crippen LogP contribution >= 0.6 is 0 Å². The summed E-state index contributed by atoms with van der Waals surface area (Å²) in [5, 5.41) is 2.74. The normalized spacial score (nSPS) is 10.6. The lowest BCUT2D eigenvalue weighted by atomic mass is 10.2. The predicted molar refractivity (Wildman–Crippen MR) is 53.2 cm³/mol. The summed E-state index contributed by atoms with van der Waals surface area (Å²) in [5.74, 6) is 0.650. The number of rotatable bonds is 4. The largest absolute Gasteiger partial charge is 0.448 e. The number of nitrogens with one attached hydrogen (secondary N) is 1. The fourth-order valence-corrected chi connectivity index (χ4v) is 0.986. The van der Waals surface area contributed by atoms with Gasteiger partial charge in [0.05, 0.1) is 0 Å². The molecule has 1 N–H and O–H groups in total. The first-order chi connectivity index (χ1) is 6.65. The number of carbonyl (C=O) groups excluding carboxylic acids is 1. The minimum atomic E-state index is -0.164. The zero-order chi connectivity index (χ0) is 10.6. The molecule has 0 atom stereocenters. The van der Waals surface area contributed by atoms with Gasteiger partial charge in [0.15, 0.2) is 11.6 Å². The maximum Gasteiger partial charge on any atom is 0.273 e. The fraction of sp³-hybridized carbons (Fsp3) is 0.600. The molecule has 1 aromatic heterocycles. The Hall–Kier alpha value is -1.32. The first-order valence-corrected chi connectivity index (χ1v) is 4.88. The molecular weight excluding hydrogens is 180 g/mol. The van der Waals surface area contributed by atoms with Crippen LogP contribution in [0.3, 0.4) is 0 Å². The van der Waals surface area contributed by atoms with Gasteiger partial charge in [-0.3, -0.25) is 4.79 Å². The fourth-order valence-electron chi connectivity index (χ4n) is 0.986. The first-order valence-electron chi connectivity index (χ1n) is 4.88. The highest BCUT2D eigenvalue weighted by Gasteiger charge is 2.12. The molecule has 0 aliphatic heterocycles. The molecule has 0 aliphatic rings. The first kappa shape index (κ1) is 10.8. The molecule has 1 aromatic rings. The quantitative estimate of drug-likeness (QED) is 0.800. The molecule has 0 radical (unpaired) electrons. The van der Waals surface area contributed by atoms with E-state index in [0.717, 1.165) is 6.42 Å². The van der Waals surface area contributed by atoms with Gasteiger partial charge in [-0.15, -0.1) is 0 Å². The van der Waals surface area contributed by atoms with Crippen molar-refractivity contribution < 1.29 is 9.21 Å². The van der Waals surface area contributed by atoms with E-state index in [0.29, 0.717) is 18.1 Å². The number of oxazole rings is 1. The highest BCUT2D eigenvalue weighted by Crippen LogP contribution is 2.12. The SMILES string of the molecule is CCCNC(=O)c1coc(C(C)C)n1. The van der Waals surface area contributed by atoms with Crippen LogP contribution < -0.4 is 5.32 Å². The Labute approximate surface area is 83.7 Å². The van der Waals surface area contributed by atoms with E-state index >= 15 is 0 Å². The third kappa shape index (κ3) is 2.58. The molecule has 0 fully saturated rings. The van der Waals surface area contributed by atoms with Crippen molar-refractivity contribution in [2.45, 2.75) is 33.1 Å². The molecule has 1 heterocycles. The number of nitrogens with zero attached hydrogens (tertiary/aromatic N) is 1. The molecule has 14 heavy (non-hydrogen) atoms. The third-order valence-electron chi connectivity index (χ3n) is 1.78. The summed E-state index contributed by atoms with van der Waals surface area (Å²) < 4.78 is 5.16. The Morgan fingerprint density at radius 2 is 2.36 bits per heavy atom. The molecule has 0 aromatic carbocycles. The second-order valence-electron chi connectivity index (χ2n) is 3.48. The van der Waals surface area contributed by atoms with Crippen LogP contribution in [0.5, 0.6) is 0 Å². The second kappa shape index (κ2) is 4.79. The summed E-state index contributed by atoms with van der Waals surface area (Å²) in [6.45, 7) is 6.62. The van der Waals surface area contributed by atoms with Crippen LogP contribution in [0.2, 0.25) is 0 Å². The van der Waals surface area contributed by atoms with Crippen molar-refractivity contribution in [2.75, 3.05) is 6.54 Å². The van der Waals surface area contributed by atoms with Crippen LogP contribution in [-0.2, 0) is 0 Å². The lowest BCUT2D eigenvalue weighted by molar-refractivity contribution is 0.0948. The van der Waals surface area contributed by atoms with Crippen molar-refractivity contribution in [3.05, 3.63) is 17.8 Å². The summed E-state index contributed by atoms with van der Waals surface area (Å²) in [5.41, 5.74) is 0.363. The smallest absolute Gasteiger partial charge is 0.273 e. The van der Waals surface area contributed by atoms with Crippen LogP contribution in [0.25, 0.3) is 0 Å². The molecule has 0 saturated carbocycles. The molecule has 4 heteroatoms. The monoisotopic (exact) mass is 196 g/mol. The molecule has 0 bridgehead atoms. The molecule has 1 amide bonds. The van der Waals surface area contributed by atoms with Gasteiger partial charge in [0, 0.05) is 12.5 Å². The van der Waals surface area contributed by atoms with E-state index < -0.39 is 0 Å². The van der Waals surface area contributed by atoms with Crippen molar-refractivity contribution in [3.8, 4) is 0 Å². The van der Waals surface area contributed by atoms with Gasteiger partial charge >= 0.3 is 0 Å². The van der Waals surface area contributed by atoms with Gasteiger partial charge in [0.1, 0.15) is 6.26 Å². The highest BCUT2D eigenvalue weighted by molar-refractivity contribution is 5.91. The Morgan fingerprint density at radius 3 is 2.86 bits per heavy atom. The van der Waals surface area contributed by atoms with Gasteiger partial charge in [-0.1, -0.05) is 20.8 Å². The van der Waals surface area contributed by atoms with Crippen molar-refractivity contribution in [2.24, 2.45) is 0 Å². The molecule has 0 unspecified atom stereocenters. The van der Waals surface area contributed by atoms with Crippen LogP contribution in [0.1, 0.15) is 49.5 Å². The minimum absolute atomic E-state index is 0.164. The third-order valence-corrected chi connectivity index (χ3v) is 1.78. The molecule has 0 spiro atoms. The van der Waals surface area contributed by atoms with E-state index in [1.54, 1.807) is 0 Å². The number of hydrogen-bond acceptors (Lipinski definition) is 3. The number of aromatic nitrogens is 1. The molecule has 0 saturated heterocycles. The van der Waals surface area contributed by atoms with E-state index in [1.165, 1.54) is 6.26 Å². The molecular formula is C10H16N2O2. The lowest BCUT2D eigenvalue weighted by Crippen LogP contribution is -2.24. The van der Waals surface area contributed by atoms with Gasteiger partial charge < -0.3 is 9.73 Å². The number of carbonyl (C=O) groups is 1. The molecule has 4 nitrogen and oxygen atoms in total. The van der Waals surface area contributed by atoms with Crippen molar-refractivity contribution in [1.82, 2.24) is 10.3 Å². The summed E-state index contributed by atoms with van der Waals surface area (Å²) in [6, 6.07) is 0. The van der Waals surface area contributed by atoms with Gasteiger partial charge in [-0.2, -0.15) is 0 Å². The van der Waals surface area contributed by atoms with E-state index in [4.69, 9.17) is 4.42 Å². The van der Waals surface area contributed by atoms with Crippen molar-refractivity contribution in [3.63, 3.8) is 0 Å². The van der Waals surface area contributed by atoms with Crippen molar-refractivity contribution >= 4 is 5.91 Å². The average Bonchev–Trinajstić information content (AvgIpc) is 2.62. The lowest BCUT2D eigenvalue weighted by Gasteiger charge is -1.98. The highest BCUT2D eigenvalue weighted by atomic mass is 16.3. The van der Waals surface area contributed by atoms with Gasteiger partial charge in [-0.05, 0) is 6.42 Å². The summed E-state index contributed by atoms with van der Waals surface area (Å²) in [6.07, 6.45) is 2.32. The van der Waals surface area contributed by atoms with Gasteiger partial charge in [0.25, 0.3) is 5.91 Å². The number of amides is 1. The van der Waals surface area contributed by atoms with Crippen LogP contribution in [0, 0.1) is 0 Å². The van der Waals surface area contributed by atoms with Gasteiger partial charge in [-0.25, -0.2) is 4.98 Å². The van der Waals surface area contributed by atoms with Gasteiger partial charge in [0.2, 0.25) is 0 Å². The topological polar surface area (TPSA) is 55.1 Å². The van der Waals surface area contributed by atoms with Crippen LogP contribution in [-0.4, -0.2) is 17.4 Å². The van der Waals surface area contributed by atoms with Crippen molar-refractivity contribution in [1.29, 1.82) is 0 Å². The summed E-state index contributed by atoms with van der Waals surface area (Å²) in [7, 11) is 0. The Kier molecular flexibility index (Phi) is 3.68. The Balaban J connectivity index is 2.62. The van der Waals surface area contributed by atoms with Crippen LogP contribution in [0.4, 0.5) is 0 Å². The molecule has 1 rings (SSSR count). The van der Waals surface area contributed by atoms with E-state index in [-0.39, 0.29) is 11.8 Å². The summed E-state index contributed by atoms with van der Waals surface area (Å²) in [4.78, 5) is 15.5. The zero-order valence-electron chi connectivity index (χ0n) is 8.83. The standard InChI is InChI=1S/C10H16N2O2/c1-4-5-11-9(13)8-6-14-10(12-8)7(2)3/h6-7H,4-5H2,1-3H3,(H,11,13). The summed E-state index contributed by atoms with van der Waals surface area (Å²) >= 11 is 0.